The standard InChI is InChI=1S/C16H29N/c1-11(2)15-6-13-5-14(7-15)9-16(8-13,10-15)12(3)17-4/h11-14,17H,5-10H2,1-4H3. The van der Waals surface area contributed by atoms with Gasteiger partial charge in [0.25, 0.3) is 0 Å². The van der Waals surface area contributed by atoms with Crippen molar-refractivity contribution in [3.8, 4) is 0 Å². The summed E-state index contributed by atoms with van der Waals surface area (Å²) in [5.74, 6) is 2.99. The molecule has 1 N–H and O–H groups in total. The van der Waals surface area contributed by atoms with Crippen LogP contribution in [-0.2, 0) is 0 Å². The highest BCUT2D eigenvalue weighted by Gasteiger charge is 2.59. The predicted molar refractivity (Wildman–Crippen MR) is 72.9 cm³/mol. The van der Waals surface area contributed by atoms with Crippen LogP contribution in [0.4, 0.5) is 0 Å². The second kappa shape index (κ2) is 3.73. The van der Waals surface area contributed by atoms with E-state index in [4.69, 9.17) is 0 Å². The lowest BCUT2D eigenvalue weighted by atomic mass is 9.41. The highest BCUT2D eigenvalue weighted by atomic mass is 14.9. The summed E-state index contributed by atoms with van der Waals surface area (Å²) in [4.78, 5) is 0. The fourth-order valence-corrected chi connectivity index (χ4v) is 5.89. The highest BCUT2D eigenvalue weighted by Crippen LogP contribution is 2.68. The second-order valence-electron chi connectivity index (χ2n) is 7.85. The Labute approximate surface area is 107 Å². The Morgan fingerprint density at radius 3 is 1.94 bits per heavy atom. The van der Waals surface area contributed by atoms with Crippen molar-refractivity contribution in [1.82, 2.24) is 5.32 Å². The van der Waals surface area contributed by atoms with E-state index in [9.17, 15) is 0 Å². The number of hydrogen-bond acceptors (Lipinski definition) is 1. The Hall–Kier alpha value is -0.0400. The Morgan fingerprint density at radius 2 is 1.47 bits per heavy atom. The van der Waals surface area contributed by atoms with E-state index in [0.29, 0.717) is 16.9 Å². The molecule has 4 fully saturated rings. The third-order valence-corrected chi connectivity index (χ3v) is 6.73. The van der Waals surface area contributed by atoms with E-state index in [0.717, 1.165) is 17.8 Å². The molecule has 1 nitrogen and oxygen atoms in total. The van der Waals surface area contributed by atoms with Gasteiger partial charge < -0.3 is 5.32 Å². The first kappa shape index (κ1) is 12.0. The molecule has 98 valence electrons. The van der Waals surface area contributed by atoms with Crippen LogP contribution in [0.2, 0.25) is 0 Å². The minimum atomic E-state index is 0.642. The first-order valence-corrected chi connectivity index (χ1v) is 7.67. The molecule has 0 aromatic heterocycles. The summed E-state index contributed by atoms with van der Waals surface area (Å²) in [5, 5.41) is 3.58. The summed E-state index contributed by atoms with van der Waals surface area (Å²) in [6.07, 6.45) is 9.16. The van der Waals surface area contributed by atoms with Crippen LogP contribution in [0, 0.1) is 28.6 Å². The van der Waals surface area contributed by atoms with Gasteiger partial charge in [0.1, 0.15) is 0 Å². The van der Waals surface area contributed by atoms with Crippen molar-refractivity contribution in [3.05, 3.63) is 0 Å². The Balaban J connectivity index is 1.94. The normalized spacial score (nSPS) is 49.9. The predicted octanol–water partition coefficient (Wildman–Crippen LogP) is 3.84. The van der Waals surface area contributed by atoms with Gasteiger partial charge in [-0.3, -0.25) is 0 Å². The molecule has 0 aromatic carbocycles. The van der Waals surface area contributed by atoms with Gasteiger partial charge in [-0.25, -0.2) is 0 Å². The molecule has 17 heavy (non-hydrogen) atoms. The lowest BCUT2D eigenvalue weighted by molar-refractivity contribution is -0.141. The van der Waals surface area contributed by atoms with Crippen LogP contribution in [0.5, 0.6) is 0 Å². The summed E-state index contributed by atoms with van der Waals surface area (Å²) in [5.41, 5.74) is 1.35. The molecule has 0 amide bonds. The van der Waals surface area contributed by atoms with E-state index >= 15 is 0 Å². The molecule has 0 radical (unpaired) electrons. The van der Waals surface area contributed by atoms with Crippen LogP contribution in [-0.4, -0.2) is 13.1 Å². The minimum absolute atomic E-state index is 0.642. The molecule has 4 rings (SSSR count). The van der Waals surface area contributed by atoms with Gasteiger partial charge in [-0.2, -0.15) is 0 Å². The third-order valence-electron chi connectivity index (χ3n) is 6.73. The number of nitrogens with one attached hydrogen (secondary N) is 1. The Bertz CT molecular complexity index is 293. The van der Waals surface area contributed by atoms with Crippen LogP contribution in [0.3, 0.4) is 0 Å². The van der Waals surface area contributed by atoms with Gasteiger partial charge in [-0.1, -0.05) is 13.8 Å². The van der Waals surface area contributed by atoms with E-state index in [1.165, 1.54) is 19.3 Å². The summed E-state index contributed by atoms with van der Waals surface area (Å²) >= 11 is 0. The average Bonchev–Trinajstić information content (AvgIpc) is 2.26. The lowest BCUT2D eigenvalue weighted by Crippen LogP contribution is -2.59. The average molecular weight is 235 g/mol. The maximum atomic E-state index is 3.58. The van der Waals surface area contributed by atoms with Gasteiger partial charge in [-0.05, 0) is 81.1 Å². The molecular weight excluding hydrogens is 206 g/mol. The molecule has 4 bridgehead atoms. The van der Waals surface area contributed by atoms with Gasteiger partial charge in [0.2, 0.25) is 0 Å². The summed E-state index contributed by atoms with van der Waals surface area (Å²) in [7, 11) is 2.16. The fraction of sp³-hybridized carbons (Fsp3) is 1.00. The van der Waals surface area contributed by atoms with Gasteiger partial charge in [0.15, 0.2) is 0 Å². The van der Waals surface area contributed by atoms with Gasteiger partial charge >= 0.3 is 0 Å². The van der Waals surface area contributed by atoms with Crippen LogP contribution < -0.4 is 5.32 Å². The Kier molecular flexibility index (Phi) is 2.63. The molecule has 1 heteroatoms. The molecule has 0 heterocycles. The molecule has 0 aliphatic heterocycles. The minimum Gasteiger partial charge on any atom is -0.317 e. The first-order chi connectivity index (χ1) is 8.00. The van der Waals surface area contributed by atoms with E-state index < -0.39 is 0 Å². The van der Waals surface area contributed by atoms with Crippen molar-refractivity contribution in [1.29, 1.82) is 0 Å². The molecule has 4 saturated carbocycles. The van der Waals surface area contributed by atoms with Crippen molar-refractivity contribution >= 4 is 0 Å². The highest BCUT2D eigenvalue weighted by molar-refractivity contribution is 5.10. The summed E-state index contributed by atoms with van der Waals surface area (Å²) in [6.45, 7) is 7.39. The molecular formula is C16H29N. The van der Waals surface area contributed by atoms with E-state index in [1.54, 1.807) is 19.3 Å². The zero-order valence-electron chi connectivity index (χ0n) is 12.1. The van der Waals surface area contributed by atoms with Crippen molar-refractivity contribution in [3.63, 3.8) is 0 Å². The van der Waals surface area contributed by atoms with Crippen molar-refractivity contribution in [2.75, 3.05) is 7.05 Å². The van der Waals surface area contributed by atoms with Crippen LogP contribution in [0.25, 0.3) is 0 Å². The number of hydrogen-bond donors (Lipinski definition) is 1. The number of rotatable bonds is 3. The maximum Gasteiger partial charge on any atom is 0.00926 e. The van der Waals surface area contributed by atoms with Gasteiger partial charge in [0.05, 0.1) is 0 Å². The Morgan fingerprint density at radius 1 is 0.941 bits per heavy atom. The lowest BCUT2D eigenvalue weighted by Gasteiger charge is -2.65. The monoisotopic (exact) mass is 235 g/mol. The maximum absolute atomic E-state index is 3.58. The topological polar surface area (TPSA) is 12.0 Å². The van der Waals surface area contributed by atoms with E-state index in [2.05, 4.69) is 33.1 Å². The van der Waals surface area contributed by atoms with Gasteiger partial charge in [-0.15, -0.1) is 0 Å². The van der Waals surface area contributed by atoms with Gasteiger partial charge in [0, 0.05) is 6.04 Å². The van der Waals surface area contributed by atoms with Crippen molar-refractivity contribution in [2.24, 2.45) is 28.6 Å². The van der Waals surface area contributed by atoms with Crippen LogP contribution >= 0.6 is 0 Å². The quantitative estimate of drug-likeness (QED) is 0.784. The van der Waals surface area contributed by atoms with E-state index in [1.807, 2.05) is 0 Å². The third kappa shape index (κ3) is 1.61. The molecule has 3 atom stereocenters. The SMILES string of the molecule is CNC(C)C12CC3CC(CC(C(C)C)(C3)C1)C2. The molecule has 0 aromatic rings. The van der Waals surface area contributed by atoms with Crippen molar-refractivity contribution < 1.29 is 0 Å². The fourth-order valence-electron chi connectivity index (χ4n) is 5.89. The van der Waals surface area contributed by atoms with E-state index in [-0.39, 0.29) is 0 Å². The van der Waals surface area contributed by atoms with Crippen LogP contribution in [0.15, 0.2) is 0 Å². The largest absolute Gasteiger partial charge is 0.317 e. The summed E-state index contributed by atoms with van der Waals surface area (Å²) in [6, 6.07) is 0.714. The molecule has 0 saturated heterocycles. The molecule has 3 unspecified atom stereocenters. The van der Waals surface area contributed by atoms with Crippen LogP contribution in [0.1, 0.15) is 59.3 Å². The molecule has 4 aliphatic carbocycles. The zero-order valence-corrected chi connectivity index (χ0v) is 12.1. The molecule has 4 aliphatic rings. The van der Waals surface area contributed by atoms with Crippen molar-refractivity contribution in [2.45, 2.75) is 65.3 Å². The second-order valence-corrected chi connectivity index (χ2v) is 7.85. The zero-order chi connectivity index (χ0) is 12.3. The summed E-state index contributed by atoms with van der Waals surface area (Å²) < 4.78 is 0. The molecule has 0 spiro atoms. The smallest absolute Gasteiger partial charge is 0.00926 e. The first-order valence-electron chi connectivity index (χ1n) is 7.67.